The molecule has 0 aliphatic carbocycles. The Kier molecular flexibility index (Phi) is 9.94. The summed E-state index contributed by atoms with van der Waals surface area (Å²) >= 11 is 0. The minimum atomic E-state index is -4.66. The van der Waals surface area contributed by atoms with Crippen molar-refractivity contribution in [1.82, 2.24) is 15.1 Å². The minimum Gasteiger partial charge on any atom is -0.444 e. The predicted molar refractivity (Wildman–Crippen MR) is 134 cm³/mol. The van der Waals surface area contributed by atoms with Crippen LogP contribution in [0.25, 0.3) is 0 Å². The Morgan fingerprint density at radius 2 is 1.81 bits per heavy atom. The second-order valence-electron chi connectivity index (χ2n) is 9.73. The van der Waals surface area contributed by atoms with Crippen LogP contribution >= 0.6 is 17.0 Å². The van der Waals surface area contributed by atoms with E-state index in [2.05, 4.69) is 16.0 Å². The van der Waals surface area contributed by atoms with Gasteiger partial charge in [0.1, 0.15) is 17.7 Å². The maximum absolute atomic E-state index is 13.8. The number of carbonyl (C=O) groups is 4. The van der Waals surface area contributed by atoms with Gasteiger partial charge in [-0.15, -0.1) is 17.0 Å². The summed E-state index contributed by atoms with van der Waals surface area (Å²) in [4.78, 5) is 50.1. The van der Waals surface area contributed by atoms with Gasteiger partial charge in [0, 0.05) is 37.4 Å². The zero-order chi connectivity index (χ0) is 26.7. The topological polar surface area (TPSA) is 120 Å². The molecule has 2 aliphatic rings. The van der Waals surface area contributed by atoms with E-state index >= 15 is 0 Å². The number of anilines is 2. The molecule has 10 nitrogen and oxygen atoms in total. The number of nitrogens with zero attached hydrogens (tertiary/aromatic N) is 2. The van der Waals surface area contributed by atoms with Crippen molar-refractivity contribution in [3.63, 3.8) is 0 Å². The lowest BCUT2D eigenvalue weighted by Crippen LogP contribution is -2.61. The molecule has 2 heterocycles. The van der Waals surface area contributed by atoms with Gasteiger partial charge in [0.05, 0.1) is 6.54 Å². The van der Waals surface area contributed by atoms with Crippen molar-refractivity contribution in [3.8, 4) is 0 Å². The van der Waals surface area contributed by atoms with Crippen molar-refractivity contribution < 1.29 is 37.1 Å². The summed E-state index contributed by atoms with van der Waals surface area (Å²) in [6.45, 7) is 3.54. The smallest absolute Gasteiger partial charge is 0.410 e. The number of piperidine rings is 1. The highest BCUT2D eigenvalue weighted by Crippen LogP contribution is 2.29. The normalized spacial score (nSPS) is 21.0. The summed E-state index contributed by atoms with van der Waals surface area (Å²) in [5.41, 5.74) is -0.0154. The standard InChI is InChI=1S/C23H30F3N5O5.BrH/c1-22(2,3)36-21(35)31-10-9-30(17(12-31)23(24,25)26)13-19(33)28-15-6-4-5-14(11-15)27-16-7-8-18(32)29-20(16)34;/h4-6,11,16-17,27H,7-10,12-13H2,1-3H3,(H,28,33)(H,29,32,34);1H/t16?,17-;/m1./s1. The van der Waals surface area contributed by atoms with Gasteiger partial charge < -0.3 is 20.3 Å². The Bertz CT molecular complexity index is 1020. The summed E-state index contributed by atoms with van der Waals surface area (Å²) in [7, 11) is 0. The SMILES string of the molecule is Br.CC(C)(C)OC(=O)N1CCN(CC(=O)Nc2cccc(NC3CCC(=O)NC3=O)c2)[C@@H](C(F)(F)F)C1. The lowest BCUT2D eigenvalue weighted by molar-refractivity contribution is -0.195. The first-order chi connectivity index (χ1) is 16.7. The van der Waals surface area contributed by atoms with Crippen molar-refractivity contribution in [2.45, 2.75) is 57.5 Å². The highest BCUT2D eigenvalue weighted by molar-refractivity contribution is 8.93. The number of amides is 4. The first kappa shape index (κ1) is 30.4. The molecule has 0 spiro atoms. The van der Waals surface area contributed by atoms with Crippen molar-refractivity contribution in [1.29, 1.82) is 0 Å². The molecule has 2 saturated heterocycles. The number of halogens is 4. The van der Waals surface area contributed by atoms with Crippen LogP contribution in [-0.2, 0) is 19.1 Å². The molecule has 3 N–H and O–H groups in total. The van der Waals surface area contributed by atoms with E-state index in [0.717, 1.165) is 9.80 Å². The predicted octanol–water partition coefficient (Wildman–Crippen LogP) is 2.90. The van der Waals surface area contributed by atoms with Crippen LogP contribution in [0.3, 0.4) is 0 Å². The molecule has 0 aromatic heterocycles. The third-order valence-corrected chi connectivity index (χ3v) is 5.59. The first-order valence-electron chi connectivity index (χ1n) is 11.5. The molecule has 1 unspecified atom stereocenters. The molecular weight excluding hydrogens is 563 g/mol. The first-order valence-corrected chi connectivity index (χ1v) is 11.5. The zero-order valence-electron chi connectivity index (χ0n) is 20.7. The number of ether oxygens (including phenoxy) is 1. The Morgan fingerprint density at radius 1 is 1.14 bits per heavy atom. The highest BCUT2D eigenvalue weighted by atomic mass is 79.9. The van der Waals surface area contributed by atoms with E-state index in [-0.39, 0.29) is 42.4 Å². The Morgan fingerprint density at radius 3 is 2.43 bits per heavy atom. The van der Waals surface area contributed by atoms with Crippen molar-refractivity contribution >= 4 is 52.2 Å². The van der Waals surface area contributed by atoms with Gasteiger partial charge in [-0.3, -0.25) is 24.6 Å². The Hall–Kier alpha value is -2.87. The summed E-state index contributed by atoms with van der Waals surface area (Å²) in [6, 6.07) is 3.74. The molecule has 0 saturated carbocycles. The van der Waals surface area contributed by atoms with Crippen LogP contribution in [-0.4, -0.2) is 83.7 Å². The fraction of sp³-hybridized carbons (Fsp3) is 0.565. The van der Waals surface area contributed by atoms with E-state index in [1.54, 1.807) is 45.0 Å². The van der Waals surface area contributed by atoms with Gasteiger partial charge >= 0.3 is 12.3 Å². The molecule has 2 aliphatic heterocycles. The molecule has 37 heavy (non-hydrogen) atoms. The van der Waals surface area contributed by atoms with Crippen molar-refractivity contribution in [2.75, 3.05) is 36.8 Å². The van der Waals surface area contributed by atoms with Gasteiger partial charge in [-0.2, -0.15) is 13.2 Å². The largest absolute Gasteiger partial charge is 0.444 e. The van der Waals surface area contributed by atoms with Crippen LogP contribution < -0.4 is 16.0 Å². The van der Waals surface area contributed by atoms with Crippen LogP contribution in [0.1, 0.15) is 33.6 Å². The number of hydrogen-bond donors (Lipinski definition) is 3. The molecule has 1 aromatic carbocycles. The van der Waals surface area contributed by atoms with Gasteiger partial charge in [-0.05, 0) is 45.4 Å². The number of benzene rings is 1. The molecule has 4 amide bonds. The van der Waals surface area contributed by atoms with Crippen molar-refractivity contribution in [2.24, 2.45) is 0 Å². The van der Waals surface area contributed by atoms with Gasteiger partial charge in [0.25, 0.3) is 0 Å². The molecule has 14 heteroatoms. The quantitative estimate of drug-likeness (QED) is 0.449. The lowest BCUT2D eigenvalue weighted by atomic mass is 10.1. The lowest BCUT2D eigenvalue weighted by Gasteiger charge is -2.41. The number of nitrogens with one attached hydrogen (secondary N) is 3. The molecule has 1 aromatic rings. The average Bonchev–Trinajstić information content (AvgIpc) is 2.74. The molecule has 2 atom stereocenters. The molecule has 2 fully saturated rings. The van der Waals surface area contributed by atoms with Crippen LogP contribution in [0.2, 0.25) is 0 Å². The fourth-order valence-electron chi connectivity index (χ4n) is 3.92. The summed E-state index contributed by atoms with van der Waals surface area (Å²) < 4.78 is 46.5. The summed E-state index contributed by atoms with van der Waals surface area (Å²) in [5, 5.41) is 7.79. The molecule has 3 rings (SSSR count). The maximum atomic E-state index is 13.8. The van der Waals surface area contributed by atoms with Crippen LogP contribution in [0.15, 0.2) is 24.3 Å². The number of alkyl halides is 3. The van der Waals surface area contributed by atoms with Gasteiger partial charge in [-0.25, -0.2) is 4.79 Å². The van der Waals surface area contributed by atoms with Gasteiger partial charge in [-0.1, -0.05) is 6.07 Å². The number of carbonyl (C=O) groups excluding carboxylic acids is 4. The number of hydrogen-bond acceptors (Lipinski definition) is 7. The maximum Gasteiger partial charge on any atom is 0.410 e. The minimum absolute atomic E-state index is 0. The van der Waals surface area contributed by atoms with E-state index in [1.165, 1.54) is 0 Å². The van der Waals surface area contributed by atoms with E-state index < -0.39 is 54.9 Å². The number of imide groups is 1. The third kappa shape index (κ3) is 8.88. The summed E-state index contributed by atoms with van der Waals surface area (Å²) in [5.74, 6) is -1.46. The highest BCUT2D eigenvalue weighted by Gasteiger charge is 2.48. The second-order valence-corrected chi connectivity index (χ2v) is 9.73. The van der Waals surface area contributed by atoms with Crippen LogP contribution in [0.4, 0.5) is 29.3 Å². The average molecular weight is 594 g/mol. The molecular formula is C23H31BrF3N5O5. The Balaban J connectivity index is 0.00000481. The van der Waals surface area contributed by atoms with E-state index in [1.807, 2.05) is 0 Å². The summed E-state index contributed by atoms with van der Waals surface area (Å²) in [6.07, 6.45) is -4.98. The fourth-order valence-corrected chi connectivity index (χ4v) is 3.92. The molecule has 206 valence electrons. The van der Waals surface area contributed by atoms with E-state index in [9.17, 15) is 32.3 Å². The Labute approximate surface area is 223 Å². The number of rotatable bonds is 5. The van der Waals surface area contributed by atoms with Gasteiger partial charge in [0.2, 0.25) is 17.7 Å². The van der Waals surface area contributed by atoms with E-state index in [4.69, 9.17) is 4.74 Å². The van der Waals surface area contributed by atoms with E-state index in [0.29, 0.717) is 17.8 Å². The zero-order valence-corrected chi connectivity index (χ0v) is 22.4. The van der Waals surface area contributed by atoms with Crippen LogP contribution in [0.5, 0.6) is 0 Å². The number of piperazine rings is 1. The monoisotopic (exact) mass is 593 g/mol. The van der Waals surface area contributed by atoms with Crippen molar-refractivity contribution in [3.05, 3.63) is 24.3 Å². The van der Waals surface area contributed by atoms with Gasteiger partial charge in [0.15, 0.2) is 0 Å². The second kappa shape index (κ2) is 12.1. The molecule has 0 bridgehead atoms. The molecule has 0 radical (unpaired) electrons. The third-order valence-electron chi connectivity index (χ3n) is 5.59. The van der Waals surface area contributed by atoms with Crippen LogP contribution in [0, 0.1) is 0 Å².